The van der Waals surface area contributed by atoms with Crippen LogP contribution in [0, 0.1) is 0 Å². The molecule has 0 heterocycles. The van der Waals surface area contributed by atoms with E-state index in [1.165, 1.54) is 0 Å². The van der Waals surface area contributed by atoms with Gasteiger partial charge in [-0.2, -0.15) is 0 Å². The van der Waals surface area contributed by atoms with Gasteiger partial charge in [-0.1, -0.05) is 40.2 Å². The molecule has 0 aliphatic rings. The van der Waals surface area contributed by atoms with Crippen LogP contribution in [-0.4, -0.2) is 5.78 Å². The summed E-state index contributed by atoms with van der Waals surface area (Å²) >= 11 is 3.35. The molecule has 1 unspecified atom stereocenters. The van der Waals surface area contributed by atoms with Gasteiger partial charge in [-0.3, -0.25) is 4.79 Å². The summed E-state index contributed by atoms with van der Waals surface area (Å²) in [4.78, 5) is 12.2. The first kappa shape index (κ1) is 12.3. The molecule has 1 atom stereocenters. The predicted molar refractivity (Wildman–Crippen MR) is 74.4 cm³/mol. The Bertz CT molecular complexity index is 555. The molecule has 0 aromatic heterocycles. The topological polar surface area (TPSA) is 26.3 Å². The zero-order valence-corrected chi connectivity index (χ0v) is 11.6. The van der Waals surface area contributed by atoms with Crippen LogP contribution in [0.4, 0.5) is 0 Å². The lowest BCUT2D eigenvalue weighted by molar-refractivity contribution is 0.103. The van der Waals surface area contributed by atoms with Gasteiger partial charge in [0.2, 0.25) is 0 Å². The molecule has 0 saturated carbocycles. The molecule has 2 aromatic rings. The van der Waals surface area contributed by atoms with E-state index in [4.69, 9.17) is 4.52 Å². The van der Waals surface area contributed by atoms with Crippen molar-refractivity contribution >= 4 is 31.2 Å². The molecular formula is C13H10BrO2P. The summed E-state index contributed by atoms with van der Waals surface area (Å²) in [5.41, 5.74) is 1.27. The molecule has 17 heavy (non-hydrogen) atoms. The van der Waals surface area contributed by atoms with Crippen molar-refractivity contribution in [2.75, 3.05) is 0 Å². The van der Waals surface area contributed by atoms with Gasteiger partial charge in [-0.15, -0.1) is 0 Å². The van der Waals surface area contributed by atoms with Gasteiger partial charge in [0.05, 0.1) is 9.47 Å². The summed E-state index contributed by atoms with van der Waals surface area (Å²) in [6.07, 6.45) is 0. The van der Waals surface area contributed by atoms with Crippen molar-refractivity contribution in [3.8, 4) is 5.75 Å². The van der Waals surface area contributed by atoms with Gasteiger partial charge in [0.25, 0.3) is 0 Å². The van der Waals surface area contributed by atoms with Crippen molar-refractivity contribution in [3.63, 3.8) is 0 Å². The first-order valence-corrected chi connectivity index (χ1v) is 6.24. The van der Waals surface area contributed by atoms with Gasteiger partial charge >= 0.3 is 0 Å². The summed E-state index contributed by atoms with van der Waals surface area (Å²) in [6.45, 7) is 0. The van der Waals surface area contributed by atoms with Gasteiger partial charge in [-0.25, -0.2) is 0 Å². The molecule has 0 fully saturated rings. The van der Waals surface area contributed by atoms with E-state index in [9.17, 15) is 4.79 Å². The maximum atomic E-state index is 12.2. The minimum Gasteiger partial charge on any atom is -0.480 e. The molecule has 4 heteroatoms. The second-order valence-corrected chi connectivity index (χ2v) is 4.64. The third-order valence-electron chi connectivity index (χ3n) is 2.32. The largest absolute Gasteiger partial charge is 0.480 e. The van der Waals surface area contributed by atoms with Crippen LogP contribution in [0.5, 0.6) is 5.75 Å². The van der Waals surface area contributed by atoms with Crippen molar-refractivity contribution in [2.45, 2.75) is 0 Å². The maximum Gasteiger partial charge on any atom is 0.193 e. The van der Waals surface area contributed by atoms with Crippen molar-refractivity contribution in [1.29, 1.82) is 0 Å². The zero-order chi connectivity index (χ0) is 12.3. The molecule has 0 amide bonds. The highest BCUT2D eigenvalue weighted by molar-refractivity contribution is 9.10. The third kappa shape index (κ3) is 2.93. The minimum absolute atomic E-state index is 0.0183. The number of carbonyl (C=O) groups excluding carboxylic acids is 1. The van der Waals surface area contributed by atoms with E-state index >= 15 is 0 Å². The lowest BCUT2D eigenvalue weighted by Crippen LogP contribution is -2.00. The highest BCUT2D eigenvalue weighted by Gasteiger charge is 2.09. The summed E-state index contributed by atoms with van der Waals surface area (Å²) < 4.78 is 5.91. The number of carbonyl (C=O) groups is 1. The number of halogens is 1. The average Bonchev–Trinajstić information content (AvgIpc) is 2.38. The molecule has 2 aromatic carbocycles. The Morgan fingerprint density at radius 3 is 2.35 bits per heavy atom. The molecule has 0 spiro atoms. The van der Waals surface area contributed by atoms with Crippen molar-refractivity contribution in [1.82, 2.24) is 0 Å². The van der Waals surface area contributed by atoms with Crippen molar-refractivity contribution < 1.29 is 9.32 Å². The highest BCUT2D eigenvalue weighted by Crippen LogP contribution is 2.19. The van der Waals surface area contributed by atoms with E-state index < -0.39 is 0 Å². The fourth-order valence-corrected chi connectivity index (χ4v) is 2.05. The first-order valence-electron chi connectivity index (χ1n) is 4.98. The van der Waals surface area contributed by atoms with E-state index in [0.717, 1.165) is 4.47 Å². The summed E-state index contributed by atoms with van der Waals surface area (Å²) in [5, 5.41) is 0. The molecule has 0 bridgehead atoms. The number of hydrogen-bond donors (Lipinski definition) is 0. The quantitative estimate of drug-likeness (QED) is 0.636. The number of rotatable bonds is 3. The van der Waals surface area contributed by atoms with Crippen molar-refractivity contribution in [3.05, 3.63) is 64.1 Å². The molecule has 0 aliphatic heterocycles. The monoisotopic (exact) mass is 308 g/mol. The maximum absolute atomic E-state index is 12.2. The van der Waals surface area contributed by atoms with Crippen LogP contribution in [0.15, 0.2) is 53.0 Å². The first-order chi connectivity index (χ1) is 8.20. The van der Waals surface area contributed by atoms with E-state index in [-0.39, 0.29) is 5.78 Å². The molecular weight excluding hydrogens is 299 g/mol. The van der Waals surface area contributed by atoms with Crippen LogP contribution in [0.3, 0.4) is 0 Å². The standard InChI is InChI=1S/C13H10BrO2P/c14-11-5-1-3-9(7-11)13(15)10-4-2-6-12(8-10)16-17/h1-8H,17H2. The Kier molecular flexibility index (Phi) is 3.93. The van der Waals surface area contributed by atoms with Crippen LogP contribution in [0.1, 0.15) is 15.9 Å². The lowest BCUT2D eigenvalue weighted by Gasteiger charge is -2.04. The minimum atomic E-state index is -0.0183. The second kappa shape index (κ2) is 5.44. The summed E-state index contributed by atoms with van der Waals surface area (Å²) in [7, 11) is 2.17. The molecule has 0 N–H and O–H groups in total. The Balaban J connectivity index is 2.36. The second-order valence-electron chi connectivity index (χ2n) is 3.49. The van der Waals surface area contributed by atoms with Crippen LogP contribution < -0.4 is 4.52 Å². The molecule has 0 saturated heterocycles. The smallest absolute Gasteiger partial charge is 0.193 e. The van der Waals surface area contributed by atoms with Gasteiger partial charge in [0.15, 0.2) is 5.78 Å². The highest BCUT2D eigenvalue weighted by atomic mass is 79.9. The molecule has 2 nitrogen and oxygen atoms in total. The third-order valence-corrected chi connectivity index (χ3v) is 3.08. The van der Waals surface area contributed by atoms with E-state index in [2.05, 4.69) is 25.4 Å². The van der Waals surface area contributed by atoms with Crippen LogP contribution in [-0.2, 0) is 0 Å². The van der Waals surface area contributed by atoms with Gasteiger partial charge in [0, 0.05) is 15.6 Å². The molecule has 0 aliphatic carbocycles. The lowest BCUT2D eigenvalue weighted by atomic mass is 10.0. The average molecular weight is 309 g/mol. The molecule has 2 rings (SSSR count). The van der Waals surface area contributed by atoms with E-state index in [1.54, 1.807) is 36.4 Å². The Morgan fingerprint density at radius 1 is 1.06 bits per heavy atom. The van der Waals surface area contributed by atoms with E-state index in [1.807, 2.05) is 12.1 Å². The van der Waals surface area contributed by atoms with Gasteiger partial charge in [0.1, 0.15) is 5.75 Å². The van der Waals surface area contributed by atoms with Crippen LogP contribution in [0.2, 0.25) is 0 Å². The van der Waals surface area contributed by atoms with Gasteiger partial charge < -0.3 is 4.52 Å². The van der Waals surface area contributed by atoms with Crippen LogP contribution >= 0.6 is 25.4 Å². The normalized spacial score (nSPS) is 10.0. The summed E-state index contributed by atoms with van der Waals surface area (Å²) in [6, 6.07) is 14.4. The summed E-state index contributed by atoms with van der Waals surface area (Å²) in [5.74, 6) is 0.631. The fourth-order valence-electron chi connectivity index (χ4n) is 1.51. The SMILES string of the molecule is O=C(c1cccc(Br)c1)c1cccc(OP)c1. The van der Waals surface area contributed by atoms with E-state index in [0.29, 0.717) is 16.9 Å². The Labute approximate surface area is 110 Å². The fraction of sp³-hybridized carbons (Fsp3) is 0. The zero-order valence-electron chi connectivity index (χ0n) is 8.89. The van der Waals surface area contributed by atoms with Gasteiger partial charge in [-0.05, 0) is 24.3 Å². The molecule has 0 radical (unpaired) electrons. The van der Waals surface area contributed by atoms with Crippen LogP contribution in [0.25, 0.3) is 0 Å². The predicted octanol–water partition coefficient (Wildman–Crippen LogP) is 3.85. The van der Waals surface area contributed by atoms with Crippen molar-refractivity contribution in [2.24, 2.45) is 0 Å². The number of hydrogen-bond acceptors (Lipinski definition) is 2. The number of ketones is 1. The Hall–Kier alpha value is -1.18. The number of benzene rings is 2. The Morgan fingerprint density at radius 2 is 1.71 bits per heavy atom. The molecule has 86 valence electrons.